The van der Waals surface area contributed by atoms with Crippen molar-refractivity contribution in [1.29, 1.82) is 0 Å². The Hall–Kier alpha value is -3.98. The number of H-pyrrole nitrogens is 1. The van der Waals surface area contributed by atoms with Gasteiger partial charge in [0.15, 0.2) is 0 Å². The number of aryl methyl sites for hydroxylation is 2. The summed E-state index contributed by atoms with van der Waals surface area (Å²) >= 11 is 0. The second-order valence-electron chi connectivity index (χ2n) is 11.7. The Balaban J connectivity index is 1.48. The van der Waals surface area contributed by atoms with E-state index in [0.717, 1.165) is 84.9 Å². The van der Waals surface area contributed by atoms with Crippen molar-refractivity contribution in [2.45, 2.75) is 53.5 Å². The first-order valence-corrected chi connectivity index (χ1v) is 15.0. The van der Waals surface area contributed by atoms with Gasteiger partial charge in [-0.3, -0.25) is 14.4 Å². The topological polar surface area (TPSA) is 102 Å². The Morgan fingerprint density at radius 1 is 1.05 bits per heavy atom. The molecule has 0 bridgehead atoms. The molecule has 0 unspecified atom stereocenters. The zero-order chi connectivity index (χ0) is 30.0. The van der Waals surface area contributed by atoms with Gasteiger partial charge in [0.25, 0.3) is 11.5 Å². The van der Waals surface area contributed by atoms with Crippen molar-refractivity contribution in [2.24, 2.45) is 5.92 Å². The quantitative estimate of drug-likeness (QED) is 0.421. The third-order valence-electron chi connectivity index (χ3n) is 8.47. The monoisotopic (exact) mass is 570 g/mol. The van der Waals surface area contributed by atoms with Gasteiger partial charge >= 0.3 is 0 Å². The molecule has 0 radical (unpaired) electrons. The van der Waals surface area contributed by atoms with Crippen LogP contribution < -0.4 is 20.7 Å². The number of aromatic amines is 1. The van der Waals surface area contributed by atoms with Gasteiger partial charge in [-0.2, -0.15) is 0 Å². The van der Waals surface area contributed by atoms with Gasteiger partial charge in [-0.25, -0.2) is 4.98 Å². The normalized spacial score (nSPS) is 15.8. The number of rotatable bonds is 8. The third kappa shape index (κ3) is 6.41. The number of carbonyl (C=O) groups is 2. The highest BCUT2D eigenvalue weighted by atomic mass is 16.2. The summed E-state index contributed by atoms with van der Waals surface area (Å²) in [5.41, 5.74) is 5.59. The van der Waals surface area contributed by atoms with E-state index in [1.807, 2.05) is 64.2 Å². The van der Waals surface area contributed by atoms with Crippen LogP contribution in [0.2, 0.25) is 0 Å². The fourth-order valence-electron chi connectivity index (χ4n) is 5.76. The van der Waals surface area contributed by atoms with Crippen LogP contribution in [-0.2, 0) is 11.3 Å². The van der Waals surface area contributed by atoms with E-state index >= 15 is 0 Å². The van der Waals surface area contributed by atoms with E-state index in [2.05, 4.69) is 27.1 Å². The molecular weight excluding hydrogens is 528 g/mol. The number of nitrogens with zero attached hydrogens (tertiary/aromatic N) is 4. The Morgan fingerprint density at radius 3 is 2.50 bits per heavy atom. The van der Waals surface area contributed by atoms with Crippen LogP contribution in [0.3, 0.4) is 0 Å². The predicted molar refractivity (Wildman–Crippen MR) is 167 cm³/mol. The molecule has 0 spiro atoms. The average molecular weight is 571 g/mol. The molecule has 1 saturated carbocycles. The highest BCUT2D eigenvalue weighted by Crippen LogP contribution is 2.36. The number of benzene rings is 1. The molecule has 2 aliphatic rings. The zero-order valence-electron chi connectivity index (χ0n) is 25.4. The summed E-state index contributed by atoms with van der Waals surface area (Å²) in [6, 6.07) is 9.85. The number of amides is 2. The first-order chi connectivity index (χ1) is 20.2. The van der Waals surface area contributed by atoms with Gasteiger partial charge in [-0.05, 0) is 108 Å². The summed E-state index contributed by atoms with van der Waals surface area (Å²) in [5.74, 6) is 0.806. The van der Waals surface area contributed by atoms with Crippen molar-refractivity contribution in [1.82, 2.24) is 20.2 Å². The minimum absolute atomic E-state index is 0.0511. The van der Waals surface area contributed by atoms with Crippen molar-refractivity contribution in [2.75, 3.05) is 49.6 Å². The van der Waals surface area contributed by atoms with E-state index in [9.17, 15) is 14.4 Å². The standard InChI is InChI=1S/C33H42N6O3/c1-6-39(33(42)24-8-9-24)29-18-26(25-10-11-30(34-19-25)38-13-7-12-37(5)14-15-38)17-27(23(29)4)31(40)35-20-28-21(2)16-22(3)36-32(28)41/h10-11,16-19,24H,6-9,12-15,20H2,1-5H3,(H,35,40)(H,36,41). The third-order valence-corrected chi connectivity index (χ3v) is 8.47. The van der Waals surface area contributed by atoms with Crippen molar-refractivity contribution >= 4 is 23.3 Å². The largest absolute Gasteiger partial charge is 0.355 e. The average Bonchev–Trinajstić information content (AvgIpc) is 3.82. The molecule has 2 amide bonds. The summed E-state index contributed by atoms with van der Waals surface area (Å²) in [4.78, 5) is 53.6. The Bertz CT molecular complexity index is 1530. The molecular formula is C33H42N6O3. The fraction of sp³-hybridized carbons (Fsp3) is 0.455. The molecule has 9 nitrogen and oxygen atoms in total. The van der Waals surface area contributed by atoms with Gasteiger partial charge in [0.05, 0.1) is 0 Å². The first-order valence-electron chi connectivity index (χ1n) is 15.0. The van der Waals surface area contributed by atoms with Crippen LogP contribution in [0.15, 0.2) is 41.3 Å². The molecule has 2 fully saturated rings. The lowest BCUT2D eigenvalue weighted by Gasteiger charge is -2.26. The Morgan fingerprint density at radius 2 is 1.83 bits per heavy atom. The highest BCUT2D eigenvalue weighted by Gasteiger charge is 2.34. The van der Waals surface area contributed by atoms with Crippen LogP contribution in [0.1, 0.15) is 58.9 Å². The molecule has 1 aliphatic heterocycles. The number of hydrogen-bond donors (Lipinski definition) is 2. The summed E-state index contributed by atoms with van der Waals surface area (Å²) < 4.78 is 0. The second kappa shape index (κ2) is 12.5. The molecule has 0 atom stereocenters. The van der Waals surface area contributed by atoms with Gasteiger partial charge in [-0.1, -0.05) is 0 Å². The molecule has 5 rings (SSSR count). The van der Waals surface area contributed by atoms with Gasteiger partial charge in [0.2, 0.25) is 5.91 Å². The lowest BCUT2D eigenvalue weighted by Crippen LogP contribution is -2.33. The molecule has 42 heavy (non-hydrogen) atoms. The van der Waals surface area contributed by atoms with Crippen LogP contribution in [0.25, 0.3) is 11.1 Å². The molecule has 222 valence electrons. The maximum Gasteiger partial charge on any atom is 0.253 e. The number of nitrogens with one attached hydrogen (secondary N) is 2. The molecule has 1 saturated heterocycles. The van der Waals surface area contributed by atoms with Gasteiger partial charge < -0.3 is 25.0 Å². The summed E-state index contributed by atoms with van der Waals surface area (Å²) in [6.07, 6.45) is 4.76. The lowest BCUT2D eigenvalue weighted by atomic mass is 9.97. The number of anilines is 2. The molecule has 3 heterocycles. The van der Waals surface area contributed by atoms with Crippen LogP contribution in [0, 0.1) is 26.7 Å². The number of carbonyl (C=O) groups excluding carboxylic acids is 2. The SMILES string of the molecule is CCN(C(=O)C1CC1)c1cc(-c2ccc(N3CCCN(C)CC3)nc2)cc(C(=O)NCc2c(C)cc(C)[nH]c2=O)c1C. The van der Waals surface area contributed by atoms with E-state index in [1.54, 1.807) is 4.90 Å². The van der Waals surface area contributed by atoms with Crippen molar-refractivity contribution in [3.63, 3.8) is 0 Å². The van der Waals surface area contributed by atoms with E-state index in [1.165, 1.54) is 0 Å². The lowest BCUT2D eigenvalue weighted by molar-refractivity contribution is -0.119. The van der Waals surface area contributed by atoms with Crippen LogP contribution in [0.5, 0.6) is 0 Å². The molecule has 2 N–H and O–H groups in total. The Kier molecular flexibility index (Phi) is 8.77. The molecule has 2 aromatic heterocycles. The summed E-state index contributed by atoms with van der Waals surface area (Å²) in [5, 5.41) is 2.96. The Labute approximate surface area is 247 Å². The van der Waals surface area contributed by atoms with E-state index < -0.39 is 0 Å². The minimum Gasteiger partial charge on any atom is -0.355 e. The minimum atomic E-state index is -0.289. The molecule has 3 aromatic rings. The van der Waals surface area contributed by atoms with E-state index in [-0.39, 0.29) is 29.8 Å². The highest BCUT2D eigenvalue weighted by molar-refractivity contribution is 6.03. The van der Waals surface area contributed by atoms with Crippen LogP contribution in [0.4, 0.5) is 11.5 Å². The summed E-state index contributed by atoms with van der Waals surface area (Å²) in [7, 11) is 2.15. The zero-order valence-corrected chi connectivity index (χ0v) is 25.4. The number of likely N-dealkylation sites (N-methyl/N-ethyl adjacent to an activating group) is 1. The number of pyridine rings is 2. The molecule has 1 aliphatic carbocycles. The predicted octanol–water partition coefficient (Wildman–Crippen LogP) is 4.20. The number of aromatic nitrogens is 2. The molecule has 9 heteroatoms. The van der Waals surface area contributed by atoms with Crippen molar-refractivity contribution in [3.05, 3.63) is 74.8 Å². The van der Waals surface area contributed by atoms with Gasteiger partial charge in [0, 0.05) is 72.9 Å². The van der Waals surface area contributed by atoms with Crippen LogP contribution >= 0.6 is 0 Å². The second-order valence-corrected chi connectivity index (χ2v) is 11.7. The van der Waals surface area contributed by atoms with Crippen molar-refractivity contribution < 1.29 is 9.59 Å². The maximum atomic E-state index is 13.7. The van der Waals surface area contributed by atoms with Gasteiger partial charge in [0.1, 0.15) is 5.82 Å². The molecule has 1 aromatic carbocycles. The van der Waals surface area contributed by atoms with E-state index in [0.29, 0.717) is 17.7 Å². The van der Waals surface area contributed by atoms with Crippen molar-refractivity contribution in [3.8, 4) is 11.1 Å². The van der Waals surface area contributed by atoms with E-state index in [4.69, 9.17) is 4.98 Å². The fourth-order valence-corrected chi connectivity index (χ4v) is 5.76. The van der Waals surface area contributed by atoms with Gasteiger partial charge in [-0.15, -0.1) is 0 Å². The maximum absolute atomic E-state index is 13.7. The smallest absolute Gasteiger partial charge is 0.253 e. The van der Waals surface area contributed by atoms with Crippen LogP contribution in [-0.4, -0.2) is 66.5 Å². The first kappa shape index (κ1) is 29.5. The number of hydrogen-bond acceptors (Lipinski definition) is 6. The summed E-state index contributed by atoms with van der Waals surface area (Å²) in [6.45, 7) is 12.2.